The first-order valence-electron chi connectivity index (χ1n) is 11.1. The normalized spacial score (nSPS) is 25.0. The van der Waals surface area contributed by atoms with Gasteiger partial charge < -0.3 is 14.5 Å². The fourth-order valence-electron chi connectivity index (χ4n) is 5.25. The van der Waals surface area contributed by atoms with E-state index in [-0.39, 0.29) is 5.91 Å². The average molecular weight is 411 g/mol. The number of hydrogen-bond donors (Lipinski definition) is 0. The molecule has 4 nitrogen and oxygen atoms in total. The molecule has 5 heteroatoms. The van der Waals surface area contributed by atoms with Gasteiger partial charge in [0, 0.05) is 31.7 Å². The van der Waals surface area contributed by atoms with Crippen molar-refractivity contribution in [3.8, 4) is 11.1 Å². The van der Waals surface area contributed by atoms with E-state index < -0.39 is 0 Å². The second kappa shape index (κ2) is 8.49. The van der Waals surface area contributed by atoms with E-state index in [1.807, 2.05) is 6.07 Å². The van der Waals surface area contributed by atoms with Crippen molar-refractivity contribution in [2.24, 2.45) is 11.8 Å². The van der Waals surface area contributed by atoms with Crippen LogP contribution in [0.1, 0.15) is 41.8 Å². The highest BCUT2D eigenvalue weighted by Crippen LogP contribution is 2.41. The number of ether oxygens (including phenoxy) is 1. The number of likely N-dealkylation sites (tertiary alicyclic amines) is 1. The molecule has 1 aromatic heterocycles. The smallest absolute Gasteiger partial charge is 0.264 e. The van der Waals surface area contributed by atoms with E-state index >= 15 is 0 Å². The van der Waals surface area contributed by atoms with Gasteiger partial charge in [-0.3, -0.25) is 4.79 Å². The summed E-state index contributed by atoms with van der Waals surface area (Å²) in [5, 5.41) is 1.22. The summed E-state index contributed by atoms with van der Waals surface area (Å²) in [5.74, 6) is 1.80. The highest BCUT2D eigenvalue weighted by atomic mass is 32.1. The Morgan fingerprint density at radius 3 is 2.52 bits per heavy atom. The number of morpholine rings is 1. The van der Waals surface area contributed by atoms with Gasteiger partial charge in [-0.2, -0.15) is 0 Å². The Balaban J connectivity index is 1.42. The Hall–Kier alpha value is -1.85. The third kappa shape index (κ3) is 3.95. The van der Waals surface area contributed by atoms with E-state index in [1.54, 1.807) is 11.3 Å². The first kappa shape index (κ1) is 19.1. The third-order valence-electron chi connectivity index (χ3n) is 6.88. The number of benzene rings is 1. The summed E-state index contributed by atoms with van der Waals surface area (Å²) in [7, 11) is 0. The summed E-state index contributed by atoms with van der Waals surface area (Å²) in [4.78, 5) is 18.9. The molecule has 3 heterocycles. The Morgan fingerprint density at radius 1 is 0.966 bits per heavy atom. The highest BCUT2D eigenvalue weighted by molar-refractivity contribution is 7.18. The van der Waals surface area contributed by atoms with Crippen LogP contribution in [0.4, 0.5) is 5.00 Å². The zero-order valence-electron chi connectivity index (χ0n) is 17.0. The molecule has 5 rings (SSSR count). The second-order valence-electron chi connectivity index (χ2n) is 8.64. The Bertz CT molecular complexity index is 844. The first-order valence-corrected chi connectivity index (χ1v) is 11.9. The molecule has 1 saturated carbocycles. The van der Waals surface area contributed by atoms with Gasteiger partial charge >= 0.3 is 0 Å². The predicted molar refractivity (Wildman–Crippen MR) is 119 cm³/mol. The summed E-state index contributed by atoms with van der Waals surface area (Å²) in [6.07, 6.45) is 6.56. The van der Waals surface area contributed by atoms with Crippen LogP contribution < -0.4 is 4.90 Å². The number of carbonyl (C=O) groups is 1. The highest BCUT2D eigenvalue weighted by Gasteiger charge is 2.34. The number of nitrogens with zero attached hydrogens (tertiary/aromatic N) is 2. The van der Waals surface area contributed by atoms with E-state index in [4.69, 9.17) is 4.74 Å². The molecule has 1 amide bonds. The number of thiophene rings is 1. The molecular formula is C24H30N2O2S. The molecule has 2 aromatic rings. The molecule has 154 valence electrons. The van der Waals surface area contributed by atoms with E-state index in [9.17, 15) is 4.79 Å². The lowest BCUT2D eigenvalue weighted by molar-refractivity contribution is 0.0525. The molecule has 2 aliphatic heterocycles. The standard InChI is InChI=1S/C24H30N2O2S/c27-23(26-11-10-18-6-4-5-9-20(18)17-26)22-16-21(19-7-2-1-3-8-19)24(29-22)25-12-14-28-15-13-25/h1-3,7-8,16,18,20H,4-6,9-15,17H2/t18-,20-/m0/s1. The van der Waals surface area contributed by atoms with Gasteiger partial charge in [0.2, 0.25) is 0 Å². The molecule has 3 fully saturated rings. The van der Waals surface area contributed by atoms with Gasteiger partial charge in [-0.05, 0) is 36.3 Å². The fourth-order valence-corrected chi connectivity index (χ4v) is 6.45. The molecular weight excluding hydrogens is 380 g/mol. The van der Waals surface area contributed by atoms with E-state index in [2.05, 4.69) is 40.1 Å². The molecule has 2 saturated heterocycles. The van der Waals surface area contributed by atoms with Crippen LogP contribution in [-0.4, -0.2) is 50.2 Å². The minimum absolute atomic E-state index is 0.232. The van der Waals surface area contributed by atoms with Crippen LogP contribution in [0.2, 0.25) is 0 Å². The minimum Gasteiger partial charge on any atom is -0.378 e. The lowest BCUT2D eigenvalue weighted by Gasteiger charge is -2.41. The van der Waals surface area contributed by atoms with Crippen LogP contribution >= 0.6 is 11.3 Å². The van der Waals surface area contributed by atoms with Gasteiger partial charge in [0.05, 0.1) is 23.1 Å². The summed E-state index contributed by atoms with van der Waals surface area (Å²) >= 11 is 1.67. The molecule has 0 unspecified atom stereocenters. The third-order valence-corrected chi connectivity index (χ3v) is 8.07. The summed E-state index contributed by atoms with van der Waals surface area (Å²) in [6, 6.07) is 12.6. The molecule has 0 bridgehead atoms. The fraction of sp³-hybridized carbons (Fsp3) is 0.542. The number of fused-ring (bicyclic) bond motifs is 1. The maximum Gasteiger partial charge on any atom is 0.264 e. The van der Waals surface area contributed by atoms with Gasteiger partial charge in [-0.1, -0.05) is 49.6 Å². The summed E-state index contributed by atoms with van der Waals surface area (Å²) < 4.78 is 5.55. The van der Waals surface area contributed by atoms with Crippen molar-refractivity contribution in [3.63, 3.8) is 0 Å². The summed E-state index contributed by atoms with van der Waals surface area (Å²) in [5.41, 5.74) is 2.38. The average Bonchev–Trinajstić information content (AvgIpc) is 3.25. The van der Waals surface area contributed by atoms with Crippen molar-refractivity contribution >= 4 is 22.2 Å². The van der Waals surface area contributed by atoms with Crippen LogP contribution in [0, 0.1) is 11.8 Å². The molecule has 0 N–H and O–H groups in total. The van der Waals surface area contributed by atoms with Gasteiger partial charge in [0.1, 0.15) is 0 Å². The molecule has 3 aliphatic rings. The van der Waals surface area contributed by atoms with Crippen molar-refractivity contribution in [3.05, 3.63) is 41.3 Å². The largest absolute Gasteiger partial charge is 0.378 e. The maximum absolute atomic E-state index is 13.4. The van der Waals surface area contributed by atoms with Crippen molar-refractivity contribution in [2.45, 2.75) is 32.1 Å². The monoisotopic (exact) mass is 410 g/mol. The van der Waals surface area contributed by atoms with Crippen molar-refractivity contribution in [1.29, 1.82) is 0 Å². The van der Waals surface area contributed by atoms with Gasteiger partial charge in [0.15, 0.2) is 0 Å². The topological polar surface area (TPSA) is 32.8 Å². The number of anilines is 1. The van der Waals surface area contributed by atoms with Crippen LogP contribution in [0.3, 0.4) is 0 Å². The Morgan fingerprint density at radius 2 is 1.72 bits per heavy atom. The number of piperidine rings is 1. The van der Waals surface area contributed by atoms with Gasteiger partial charge in [0.25, 0.3) is 5.91 Å². The zero-order chi connectivity index (χ0) is 19.6. The Kier molecular flexibility index (Phi) is 5.60. The number of hydrogen-bond acceptors (Lipinski definition) is 4. The number of carbonyl (C=O) groups excluding carboxylic acids is 1. The molecule has 0 spiro atoms. The Labute approximate surface area is 177 Å². The quantitative estimate of drug-likeness (QED) is 0.721. The van der Waals surface area contributed by atoms with Gasteiger partial charge in [-0.25, -0.2) is 0 Å². The van der Waals surface area contributed by atoms with E-state index in [1.165, 1.54) is 48.2 Å². The van der Waals surface area contributed by atoms with E-state index in [0.717, 1.165) is 50.2 Å². The first-order chi connectivity index (χ1) is 14.3. The lowest BCUT2D eigenvalue weighted by atomic mass is 9.75. The minimum atomic E-state index is 0.232. The van der Waals surface area contributed by atoms with Crippen LogP contribution in [0.15, 0.2) is 36.4 Å². The molecule has 29 heavy (non-hydrogen) atoms. The maximum atomic E-state index is 13.4. The van der Waals surface area contributed by atoms with Crippen LogP contribution in [0.25, 0.3) is 11.1 Å². The SMILES string of the molecule is O=C(c1cc(-c2ccccc2)c(N2CCOCC2)s1)N1CC[C@@H]2CCCC[C@H]2C1. The molecule has 1 aliphatic carbocycles. The number of amides is 1. The lowest BCUT2D eigenvalue weighted by Crippen LogP contribution is -2.44. The second-order valence-corrected chi connectivity index (χ2v) is 9.67. The van der Waals surface area contributed by atoms with E-state index in [0.29, 0.717) is 5.92 Å². The molecule has 0 radical (unpaired) electrons. The molecule has 2 atom stereocenters. The van der Waals surface area contributed by atoms with Crippen molar-refractivity contribution < 1.29 is 9.53 Å². The predicted octanol–water partition coefficient (Wildman–Crippen LogP) is 4.90. The van der Waals surface area contributed by atoms with Crippen LogP contribution in [0.5, 0.6) is 0 Å². The number of rotatable bonds is 3. The van der Waals surface area contributed by atoms with Crippen LogP contribution in [-0.2, 0) is 4.74 Å². The van der Waals surface area contributed by atoms with Gasteiger partial charge in [-0.15, -0.1) is 11.3 Å². The summed E-state index contributed by atoms with van der Waals surface area (Å²) in [6.45, 7) is 5.17. The zero-order valence-corrected chi connectivity index (χ0v) is 17.8. The van der Waals surface area contributed by atoms with Crippen molar-refractivity contribution in [1.82, 2.24) is 4.90 Å². The molecule has 1 aromatic carbocycles. The van der Waals surface area contributed by atoms with Crippen molar-refractivity contribution in [2.75, 3.05) is 44.3 Å².